The first-order chi connectivity index (χ1) is 7.65. The molecule has 16 heavy (non-hydrogen) atoms. The molecule has 0 atom stereocenters. The highest BCUT2D eigenvalue weighted by Gasteiger charge is 2.10. The van der Waals surface area contributed by atoms with E-state index in [1.807, 2.05) is 25.1 Å². The summed E-state index contributed by atoms with van der Waals surface area (Å²) in [6, 6.07) is 7.36. The van der Waals surface area contributed by atoms with Gasteiger partial charge in [0.1, 0.15) is 5.75 Å². The minimum absolute atomic E-state index is 0.390. The maximum atomic E-state index is 11.7. The second-order valence-corrected chi connectivity index (χ2v) is 3.61. The zero-order chi connectivity index (χ0) is 11.5. The van der Waals surface area contributed by atoms with Crippen LogP contribution in [0.1, 0.15) is 15.9 Å². The molecule has 1 aromatic heterocycles. The summed E-state index contributed by atoms with van der Waals surface area (Å²) in [4.78, 5) is 11.7. The molecule has 0 saturated carbocycles. The standard InChI is InChI=1S/C12H12N2O2/c1-9-4-3-5-11(6-9)16-12(15)10-7-13-14(2)8-10/h3-8H,1-2H3. The zero-order valence-electron chi connectivity index (χ0n) is 9.18. The van der Waals surface area contributed by atoms with Crippen LogP contribution in [0.25, 0.3) is 0 Å². The van der Waals surface area contributed by atoms with Gasteiger partial charge in [-0.2, -0.15) is 5.10 Å². The number of esters is 1. The number of hydrogen-bond donors (Lipinski definition) is 0. The maximum absolute atomic E-state index is 11.7. The molecule has 0 bridgehead atoms. The Morgan fingerprint density at radius 2 is 2.25 bits per heavy atom. The molecule has 0 spiro atoms. The van der Waals surface area contributed by atoms with Crippen LogP contribution in [-0.2, 0) is 7.05 Å². The third-order valence-corrected chi connectivity index (χ3v) is 2.14. The van der Waals surface area contributed by atoms with Crippen molar-refractivity contribution >= 4 is 5.97 Å². The Labute approximate surface area is 93.5 Å². The maximum Gasteiger partial charge on any atom is 0.346 e. The molecular formula is C12H12N2O2. The molecule has 0 N–H and O–H groups in total. The number of aromatic nitrogens is 2. The minimum Gasteiger partial charge on any atom is -0.423 e. The Morgan fingerprint density at radius 3 is 2.88 bits per heavy atom. The van der Waals surface area contributed by atoms with Gasteiger partial charge in [0, 0.05) is 13.2 Å². The second-order valence-electron chi connectivity index (χ2n) is 3.61. The summed E-state index contributed by atoms with van der Waals surface area (Å²) < 4.78 is 6.76. The number of aryl methyl sites for hydroxylation is 2. The van der Waals surface area contributed by atoms with Crippen molar-refractivity contribution in [2.24, 2.45) is 7.05 Å². The normalized spacial score (nSPS) is 10.1. The lowest BCUT2D eigenvalue weighted by Gasteiger charge is -2.02. The fourth-order valence-corrected chi connectivity index (χ4v) is 1.37. The molecule has 0 saturated heterocycles. The third kappa shape index (κ3) is 2.28. The highest BCUT2D eigenvalue weighted by molar-refractivity contribution is 5.90. The molecule has 2 aromatic rings. The molecule has 0 aliphatic heterocycles. The van der Waals surface area contributed by atoms with Crippen molar-refractivity contribution in [1.82, 2.24) is 9.78 Å². The Bertz CT molecular complexity index is 517. The first kappa shape index (κ1) is 10.4. The molecular weight excluding hydrogens is 204 g/mol. The summed E-state index contributed by atoms with van der Waals surface area (Å²) >= 11 is 0. The van der Waals surface area contributed by atoms with Crippen LogP contribution in [0, 0.1) is 6.92 Å². The van der Waals surface area contributed by atoms with Crippen LogP contribution in [0.15, 0.2) is 36.7 Å². The van der Waals surface area contributed by atoms with Crippen molar-refractivity contribution in [3.05, 3.63) is 47.8 Å². The number of rotatable bonds is 2. The molecule has 82 valence electrons. The molecule has 2 rings (SSSR count). The van der Waals surface area contributed by atoms with Crippen LogP contribution in [0.3, 0.4) is 0 Å². The van der Waals surface area contributed by atoms with Gasteiger partial charge in [-0.15, -0.1) is 0 Å². The Hall–Kier alpha value is -2.10. The average molecular weight is 216 g/mol. The highest BCUT2D eigenvalue weighted by Crippen LogP contribution is 2.14. The Morgan fingerprint density at radius 1 is 1.44 bits per heavy atom. The first-order valence-corrected chi connectivity index (χ1v) is 4.92. The summed E-state index contributed by atoms with van der Waals surface area (Å²) in [5, 5.41) is 3.91. The van der Waals surface area contributed by atoms with E-state index in [4.69, 9.17) is 4.74 Å². The van der Waals surface area contributed by atoms with Crippen molar-refractivity contribution < 1.29 is 9.53 Å². The average Bonchev–Trinajstić information content (AvgIpc) is 2.65. The first-order valence-electron chi connectivity index (χ1n) is 4.92. The summed E-state index contributed by atoms with van der Waals surface area (Å²) in [5.74, 6) is 0.160. The molecule has 0 aliphatic carbocycles. The van der Waals surface area contributed by atoms with Gasteiger partial charge in [-0.1, -0.05) is 12.1 Å². The van der Waals surface area contributed by atoms with Crippen LogP contribution >= 0.6 is 0 Å². The topological polar surface area (TPSA) is 44.1 Å². The Kier molecular flexibility index (Phi) is 2.72. The van der Waals surface area contributed by atoms with E-state index < -0.39 is 5.97 Å². The molecule has 1 aromatic carbocycles. The van der Waals surface area contributed by atoms with Gasteiger partial charge in [0.15, 0.2) is 0 Å². The smallest absolute Gasteiger partial charge is 0.346 e. The number of hydrogen-bond acceptors (Lipinski definition) is 3. The molecule has 0 aliphatic rings. The Balaban J connectivity index is 2.13. The van der Waals surface area contributed by atoms with E-state index in [1.165, 1.54) is 6.20 Å². The molecule has 0 radical (unpaired) electrons. The van der Waals surface area contributed by atoms with E-state index in [-0.39, 0.29) is 0 Å². The van der Waals surface area contributed by atoms with Gasteiger partial charge < -0.3 is 4.74 Å². The molecule has 4 nitrogen and oxygen atoms in total. The van der Waals surface area contributed by atoms with Gasteiger partial charge in [0.05, 0.1) is 11.8 Å². The predicted octanol–water partition coefficient (Wildman–Crippen LogP) is 1.95. The number of benzene rings is 1. The zero-order valence-corrected chi connectivity index (χ0v) is 9.18. The van der Waals surface area contributed by atoms with E-state index >= 15 is 0 Å². The minimum atomic E-state index is -0.390. The molecule has 0 fully saturated rings. The number of nitrogens with zero attached hydrogens (tertiary/aromatic N) is 2. The lowest BCUT2D eigenvalue weighted by atomic mass is 10.2. The summed E-state index contributed by atoms with van der Waals surface area (Å²) in [6.45, 7) is 1.95. The highest BCUT2D eigenvalue weighted by atomic mass is 16.5. The summed E-state index contributed by atoms with van der Waals surface area (Å²) in [7, 11) is 1.75. The van der Waals surface area contributed by atoms with E-state index in [1.54, 1.807) is 24.0 Å². The van der Waals surface area contributed by atoms with Crippen molar-refractivity contribution in [1.29, 1.82) is 0 Å². The number of ether oxygens (including phenoxy) is 1. The quantitative estimate of drug-likeness (QED) is 0.569. The monoisotopic (exact) mass is 216 g/mol. The van der Waals surface area contributed by atoms with Gasteiger partial charge in [0.2, 0.25) is 0 Å². The molecule has 1 heterocycles. The fourth-order valence-electron chi connectivity index (χ4n) is 1.37. The van der Waals surface area contributed by atoms with Crippen LogP contribution in [0.4, 0.5) is 0 Å². The van der Waals surface area contributed by atoms with Crippen LogP contribution < -0.4 is 4.74 Å². The van der Waals surface area contributed by atoms with Gasteiger partial charge in [-0.3, -0.25) is 4.68 Å². The molecule has 4 heteroatoms. The van der Waals surface area contributed by atoms with Gasteiger partial charge >= 0.3 is 5.97 Å². The predicted molar refractivity (Wildman–Crippen MR) is 59.3 cm³/mol. The van der Waals surface area contributed by atoms with Crippen molar-refractivity contribution in [3.8, 4) is 5.75 Å². The van der Waals surface area contributed by atoms with E-state index in [9.17, 15) is 4.79 Å². The van der Waals surface area contributed by atoms with Gasteiger partial charge in [0.25, 0.3) is 0 Å². The SMILES string of the molecule is Cc1cccc(OC(=O)c2cnn(C)c2)c1. The lowest BCUT2D eigenvalue weighted by molar-refractivity contribution is 0.0734. The van der Waals surface area contributed by atoms with Crippen LogP contribution in [0.5, 0.6) is 5.75 Å². The van der Waals surface area contributed by atoms with Crippen LogP contribution in [0.2, 0.25) is 0 Å². The summed E-state index contributed by atoms with van der Waals surface area (Å²) in [6.07, 6.45) is 3.11. The summed E-state index contributed by atoms with van der Waals surface area (Å²) in [5.41, 5.74) is 1.50. The second kappa shape index (κ2) is 4.18. The van der Waals surface area contributed by atoms with Gasteiger partial charge in [-0.25, -0.2) is 4.79 Å². The van der Waals surface area contributed by atoms with E-state index in [0.717, 1.165) is 5.56 Å². The van der Waals surface area contributed by atoms with E-state index in [2.05, 4.69) is 5.10 Å². The fraction of sp³-hybridized carbons (Fsp3) is 0.167. The largest absolute Gasteiger partial charge is 0.423 e. The van der Waals surface area contributed by atoms with Crippen molar-refractivity contribution in [3.63, 3.8) is 0 Å². The van der Waals surface area contributed by atoms with E-state index in [0.29, 0.717) is 11.3 Å². The third-order valence-electron chi connectivity index (χ3n) is 2.14. The van der Waals surface area contributed by atoms with Crippen LogP contribution in [-0.4, -0.2) is 15.7 Å². The number of carbonyl (C=O) groups is 1. The van der Waals surface area contributed by atoms with Crippen molar-refractivity contribution in [2.75, 3.05) is 0 Å². The molecule has 0 amide bonds. The molecule has 0 unspecified atom stereocenters. The van der Waals surface area contributed by atoms with Crippen molar-refractivity contribution in [2.45, 2.75) is 6.92 Å². The number of carbonyl (C=O) groups excluding carboxylic acids is 1. The van der Waals surface area contributed by atoms with Gasteiger partial charge in [-0.05, 0) is 24.6 Å². The lowest BCUT2D eigenvalue weighted by Crippen LogP contribution is -2.07.